The van der Waals surface area contributed by atoms with Gasteiger partial charge in [-0.05, 0) is 25.5 Å². The van der Waals surface area contributed by atoms with Crippen LogP contribution in [0.1, 0.15) is 23.7 Å². The fraction of sp³-hybridized carbons (Fsp3) is 0.500. The average molecular weight is 236 g/mol. The van der Waals surface area contributed by atoms with E-state index in [2.05, 4.69) is 4.98 Å². The van der Waals surface area contributed by atoms with Crippen LogP contribution in [0.3, 0.4) is 0 Å². The molecule has 0 radical (unpaired) electrons. The number of carboxylic acid groups (broad SMARTS) is 1. The highest BCUT2D eigenvalue weighted by Crippen LogP contribution is 2.23. The van der Waals surface area contributed by atoms with Crippen LogP contribution in [0.5, 0.6) is 0 Å². The summed E-state index contributed by atoms with van der Waals surface area (Å²) in [5.41, 5.74) is 0.258. The van der Waals surface area contributed by atoms with E-state index < -0.39 is 5.97 Å². The van der Waals surface area contributed by atoms with Crippen LogP contribution in [0.25, 0.3) is 0 Å². The van der Waals surface area contributed by atoms with Gasteiger partial charge in [0.25, 0.3) is 0 Å². The SMILES string of the molecule is CC1OCCC1N(C)c1cc(C(=O)O)ccn1. The minimum atomic E-state index is -0.933. The molecule has 1 aromatic rings. The van der Waals surface area contributed by atoms with Gasteiger partial charge in [-0.2, -0.15) is 0 Å². The first kappa shape index (κ1) is 11.9. The van der Waals surface area contributed by atoms with E-state index in [1.165, 1.54) is 12.3 Å². The van der Waals surface area contributed by atoms with Crippen LogP contribution >= 0.6 is 0 Å². The Morgan fingerprint density at radius 2 is 2.41 bits per heavy atom. The van der Waals surface area contributed by atoms with Crippen LogP contribution in [0, 0.1) is 0 Å². The Kier molecular flexibility index (Phi) is 3.28. The Bertz CT molecular complexity index is 422. The predicted octanol–water partition coefficient (Wildman–Crippen LogP) is 1.39. The molecule has 5 nitrogen and oxygen atoms in total. The Morgan fingerprint density at radius 3 is 3.00 bits per heavy atom. The second kappa shape index (κ2) is 4.71. The summed E-state index contributed by atoms with van der Waals surface area (Å²) < 4.78 is 5.50. The number of aromatic carboxylic acids is 1. The van der Waals surface area contributed by atoms with Gasteiger partial charge in [0.2, 0.25) is 0 Å². The second-order valence-electron chi connectivity index (χ2n) is 4.25. The quantitative estimate of drug-likeness (QED) is 0.859. The van der Waals surface area contributed by atoms with Crippen molar-refractivity contribution in [3.63, 3.8) is 0 Å². The fourth-order valence-electron chi connectivity index (χ4n) is 2.14. The van der Waals surface area contributed by atoms with Crippen molar-refractivity contribution in [2.45, 2.75) is 25.5 Å². The molecule has 0 spiro atoms. The number of rotatable bonds is 3. The summed E-state index contributed by atoms with van der Waals surface area (Å²) in [6.07, 6.45) is 2.61. The number of pyridine rings is 1. The number of anilines is 1. The van der Waals surface area contributed by atoms with Gasteiger partial charge >= 0.3 is 5.97 Å². The van der Waals surface area contributed by atoms with Gasteiger partial charge in [-0.3, -0.25) is 0 Å². The molecule has 0 aliphatic carbocycles. The molecule has 17 heavy (non-hydrogen) atoms. The van der Waals surface area contributed by atoms with Crippen LogP contribution < -0.4 is 4.90 Å². The Morgan fingerprint density at radius 1 is 1.65 bits per heavy atom. The van der Waals surface area contributed by atoms with Gasteiger partial charge in [0.15, 0.2) is 0 Å². The van der Waals surface area contributed by atoms with Gasteiger partial charge in [0.1, 0.15) is 5.82 Å². The Labute approximate surface area is 100 Å². The highest BCUT2D eigenvalue weighted by atomic mass is 16.5. The number of hydrogen-bond donors (Lipinski definition) is 1. The first-order valence-electron chi connectivity index (χ1n) is 5.63. The zero-order valence-electron chi connectivity index (χ0n) is 9.96. The van der Waals surface area contributed by atoms with Crippen molar-refractivity contribution in [2.24, 2.45) is 0 Å². The van der Waals surface area contributed by atoms with Crippen molar-refractivity contribution in [1.29, 1.82) is 0 Å². The van der Waals surface area contributed by atoms with E-state index in [1.807, 2.05) is 18.9 Å². The van der Waals surface area contributed by atoms with Crippen LogP contribution in [0.15, 0.2) is 18.3 Å². The summed E-state index contributed by atoms with van der Waals surface area (Å²) in [5.74, 6) is -0.259. The molecule has 5 heteroatoms. The summed E-state index contributed by atoms with van der Waals surface area (Å²) in [4.78, 5) is 17.1. The average Bonchev–Trinajstić information content (AvgIpc) is 2.74. The maximum absolute atomic E-state index is 10.9. The molecule has 2 rings (SSSR count). The maximum Gasteiger partial charge on any atom is 0.335 e. The standard InChI is InChI=1S/C12H16N2O3/c1-8-10(4-6-17-8)14(2)11-7-9(12(15)16)3-5-13-11/h3,5,7-8,10H,4,6H2,1-2H3,(H,15,16). The lowest BCUT2D eigenvalue weighted by Crippen LogP contribution is -2.37. The lowest BCUT2D eigenvalue weighted by atomic mass is 10.1. The summed E-state index contributed by atoms with van der Waals surface area (Å²) in [6, 6.07) is 3.34. The third-order valence-corrected chi connectivity index (χ3v) is 3.19. The molecule has 0 bridgehead atoms. The molecule has 0 amide bonds. The third kappa shape index (κ3) is 2.39. The molecule has 2 heterocycles. The number of nitrogens with zero attached hydrogens (tertiary/aromatic N) is 2. The lowest BCUT2D eigenvalue weighted by Gasteiger charge is -2.27. The normalized spacial score (nSPS) is 23.6. The van der Waals surface area contributed by atoms with E-state index in [4.69, 9.17) is 9.84 Å². The van der Waals surface area contributed by atoms with Crippen molar-refractivity contribution >= 4 is 11.8 Å². The van der Waals surface area contributed by atoms with Crippen molar-refractivity contribution in [1.82, 2.24) is 4.98 Å². The van der Waals surface area contributed by atoms with E-state index in [0.29, 0.717) is 5.82 Å². The van der Waals surface area contributed by atoms with Crippen molar-refractivity contribution in [3.05, 3.63) is 23.9 Å². The molecule has 2 atom stereocenters. The smallest absolute Gasteiger partial charge is 0.335 e. The molecular weight excluding hydrogens is 220 g/mol. The third-order valence-electron chi connectivity index (χ3n) is 3.19. The minimum Gasteiger partial charge on any atom is -0.478 e. The number of ether oxygens (including phenoxy) is 1. The van der Waals surface area contributed by atoms with Crippen LogP contribution in [-0.2, 0) is 4.74 Å². The highest BCUT2D eigenvalue weighted by molar-refractivity contribution is 5.88. The zero-order valence-corrected chi connectivity index (χ0v) is 9.96. The summed E-state index contributed by atoms with van der Waals surface area (Å²) >= 11 is 0. The van der Waals surface area contributed by atoms with Crippen LogP contribution in [-0.4, -0.2) is 41.9 Å². The lowest BCUT2D eigenvalue weighted by molar-refractivity contribution is 0.0697. The molecule has 0 saturated carbocycles. The Balaban J connectivity index is 2.21. The molecule has 1 N–H and O–H groups in total. The van der Waals surface area contributed by atoms with Crippen molar-refractivity contribution < 1.29 is 14.6 Å². The van der Waals surface area contributed by atoms with Crippen LogP contribution in [0.2, 0.25) is 0 Å². The van der Waals surface area contributed by atoms with Gasteiger partial charge < -0.3 is 14.7 Å². The zero-order chi connectivity index (χ0) is 12.4. The largest absolute Gasteiger partial charge is 0.478 e. The maximum atomic E-state index is 10.9. The van der Waals surface area contributed by atoms with Crippen molar-refractivity contribution in [2.75, 3.05) is 18.6 Å². The number of carbonyl (C=O) groups is 1. The summed E-state index contributed by atoms with van der Waals surface area (Å²) in [7, 11) is 1.92. The molecule has 1 aliphatic heterocycles. The van der Waals surface area contributed by atoms with Gasteiger partial charge in [0.05, 0.1) is 17.7 Å². The first-order chi connectivity index (χ1) is 8.09. The van der Waals surface area contributed by atoms with Crippen molar-refractivity contribution in [3.8, 4) is 0 Å². The van der Waals surface area contributed by atoms with Gasteiger partial charge in [-0.15, -0.1) is 0 Å². The fourth-order valence-corrected chi connectivity index (χ4v) is 2.14. The first-order valence-corrected chi connectivity index (χ1v) is 5.63. The van der Waals surface area contributed by atoms with Gasteiger partial charge in [0, 0.05) is 19.9 Å². The molecule has 92 valence electrons. The molecular formula is C12H16N2O3. The number of hydrogen-bond acceptors (Lipinski definition) is 4. The molecule has 0 aromatic carbocycles. The molecule has 1 aliphatic rings. The summed E-state index contributed by atoms with van der Waals surface area (Å²) in [5, 5.41) is 8.94. The van der Waals surface area contributed by atoms with E-state index >= 15 is 0 Å². The number of aromatic nitrogens is 1. The van der Waals surface area contributed by atoms with E-state index in [0.717, 1.165) is 13.0 Å². The molecule has 2 unspecified atom stereocenters. The minimum absolute atomic E-state index is 0.148. The monoisotopic (exact) mass is 236 g/mol. The van der Waals surface area contributed by atoms with Gasteiger partial charge in [-0.25, -0.2) is 9.78 Å². The topological polar surface area (TPSA) is 62.7 Å². The van der Waals surface area contributed by atoms with E-state index in [9.17, 15) is 4.79 Å². The molecule has 1 saturated heterocycles. The van der Waals surface area contributed by atoms with E-state index in [-0.39, 0.29) is 17.7 Å². The van der Waals surface area contributed by atoms with Crippen LogP contribution in [0.4, 0.5) is 5.82 Å². The predicted molar refractivity (Wildman–Crippen MR) is 63.4 cm³/mol. The number of likely N-dealkylation sites (N-methyl/N-ethyl adjacent to an activating group) is 1. The molecule has 1 aromatic heterocycles. The second-order valence-corrected chi connectivity index (χ2v) is 4.25. The summed E-state index contributed by atoms with van der Waals surface area (Å²) in [6.45, 7) is 2.77. The highest BCUT2D eigenvalue weighted by Gasteiger charge is 2.28. The Hall–Kier alpha value is -1.62. The van der Waals surface area contributed by atoms with E-state index in [1.54, 1.807) is 6.07 Å². The number of carboxylic acids is 1. The van der Waals surface area contributed by atoms with Gasteiger partial charge in [-0.1, -0.05) is 0 Å². The molecule has 1 fully saturated rings.